The van der Waals surface area contributed by atoms with E-state index < -0.39 is 10.1 Å². The highest BCUT2D eigenvalue weighted by Gasteiger charge is 2.13. The molecule has 1 aromatic carbocycles. The molecule has 0 saturated carbocycles. The molecular weight excluding hydrogens is 382 g/mol. The number of rotatable bonds is 14. The third-order valence-corrected chi connectivity index (χ3v) is 5.67. The van der Waals surface area contributed by atoms with Crippen molar-refractivity contribution >= 4 is 10.1 Å². The minimum absolute atomic E-state index is 0.0610. The molecule has 0 aromatic heterocycles. The monoisotopic (exact) mass is 427 g/mol. The van der Waals surface area contributed by atoms with E-state index in [-0.39, 0.29) is 4.90 Å². The van der Waals surface area contributed by atoms with Crippen molar-refractivity contribution in [2.75, 3.05) is 0 Å². The van der Waals surface area contributed by atoms with Crippen LogP contribution in [0.25, 0.3) is 0 Å². The van der Waals surface area contributed by atoms with Crippen molar-refractivity contribution in [2.45, 2.75) is 122 Å². The Labute approximate surface area is 180 Å². The lowest BCUT2D eigenvalue weighted by Crippen LogP contribution is -2.29. The average molecular weight is 428 g/mol. The standard InChI is InChI=1S/C18H30O3S.C6H15N/c1-2-3-4-5-6-7-8-9-10-11-14-17-15-12-13-16-18(17)22(19,20)21;1-5(2)7-6(3)4/h12-13,15-16H,2-11,14H2,1H3,(H,19,20,21);5-7H,1-4H3. The Morgan fingerprint density at radius 2 is 1.24 bits per heavy atom. The maximum absolute atomic E-state index is 11.3. The van der Waals surface area contributed by atoms with E-state index in [0.29, 0.717) is 18.5 Å². The van der Waals surface area contributed by atoms with Gasteiger partial charge in [-0.1, -0.05) is 111 Å². The number of hydrogen-bond acceptors (Lipinski definition) is 3. The lowest BCUT2D eigenvalue weighted by Gasteiger charge is -2.10. The maximum atomic E-state index is 11.3. The van der Waals surface area contributed by atoms with Crippen molar-refractivity contribution in [2.24, 2.45) is 0 Å². The van der Waals surface area contributed by atoms with Crippen LogP contribution >= 0.6 is 0 Å². The van der Waals surface area contributed by atoms with E-state index in [4.69, 9.17) is 0 Å². The van der Waals surface area contributed by atoms with Crippen LogP contribution in [0.15, 0.2) is 29.2 Å². The normalized spacial score (nSPS) is 11.6. The van der Waals surface area contributed by atoms with Crippen LogP contribution in [-0.4, -0.2) is 25.1 Å². The van der Waals surface area contributed by atoms with Crippen molar-refractivity contribution < 1.29 is 13.0 Å². The molecule has 1 aromatic rings. The molecule has 170 valence electrons. The molecule has 0 aliphatic rings. The zero-order valence-electron chi connectivity index (χ0n) is 19.4. The molecule has 4 nitrogen and oxygen atoms in total. The molecule has 1 rings (SSSR count). The van der Waals surface area contributed by atoms with E-state index >= 15 is 0 Å². The Morgan fingerprint density at radius 3 is 1.66 bits per heavy atom. The fourth-order valence-electron chi connectivity index (χ4n) is 3.43. The number of hydrogen-bond donors (Lipinski definition) is 2. The first kappa shape index (κ1) is 28.1. The molecule has 0 spiro atoms. The second-order valence-corrected chi connectivity index (χ2v) is 9.88. The summed E-state index contributed by atoms with van der Waals surface area (Å²) in [6, 6.07) is 7.98. The summed E-state index contributed by atoms with van der Waals surface area (Å²) in [6.45, 7) is 10.8. The van der Waals surface area contributed by atoms with Gasteiger partial charge < -0.3 is 5.32 Å². The van der Waals surface area contributed by atoms with Crippen LogP contribution in [-0.2, 0) is 16.5 Å². The minimum atomic E-state index is -4.10. The van der Waals surface area contributed by atoms with Gasteiger partial charge in [0.15, 0.2) is 0 Å². The van der Waals surface area contributed by atoms with Crippen LogP contribution in [0.2, 0.25) is 0 Å². The number of benzene rings is 1. The summed E-state index contributed by atoms with van der Waals surface area (Å²) in [5.74, 6) is 0. The van der Waals surface area contributed by atoms with Crippen LogP contribution in [0.4, 0.5) is 0 Å². The van der Waals surface area contributed by atoms with Crippen molar-refractivity contribution in [1.29, 1.82) is 0 Å². The summed E-state index contributed by atoms with van der Waals surface area (Å²) in [6.07, 6.45) is 13.3. The molecule has 0 radical (unpaired) electrons. The quantitative estimate of drug-likeness (QED) is 0.253. The van der Waals surface area contributed by atoms with E-state index in [1.54, 1.807) is 12.1 Å². The summed E-state index contributed by atoms with van der Waals surface area (Å²) in [7, 11) is -4.10. The molecule has 2 N–H and O–H groups in total. The highest BCUT2D eigenvalue weighted by Crippen LogP contribution is 2.18. The van der Waals surface area contributed by atoms with Gasteiger partial charge in [-0.3, -0.25) is 4.55 Å². The van der Waals surface area contributed by atoms with Crippen LogP contribution < -0.4 is 5.32 Å². The molecule has 0 fully saturated rings. The van der Waals surface area contributed by atoms with Crippen LogP contribution in [0, 0.1) is 0 Å². The third kappa shape index (κ3) is 16.6. The highest BCUT2D eigenvalue weighted by atomic mass is 32.2. The van der Waals surface area contributed by atoms with E-state index in [9.17, 15) is 13.0 Å². The largest absolute Gasteiger partial charge is 0.312 e. The molecule has 0 heterocycles. The second kappa shape index (κ2) is 16.8. The molecule has 0 aliphatic carbocycles. The van der Waals surface area contributed by atoms with E-state index in [0.717, 1.165) is 18.4 Å². The van der Waals surface area contributed by atoms with Crippen molar-refractivity contribution in [3.63, 3.8) is 0 Å². The van der Waals surface area contributed by atoms with Gasteiger partial charge in [0.2, 0.25) is 0 Å². The third-order valence-electron chi connectivity index (χ3n) is 4.72. The first-order valence-electron chi connectivity index (χ1n) is 11.5. The van der Waals surface area contributed by atoms with E-state index in [1.165, 1.54) is 57.4 Å². The Kier molecular flexibility index (Phi) is 16.3. The average Bonchev–Trinajstić information content (AvgIpc) is 2.62. The molecule has 5 heteroatoms. The highest BCUT2D eigenvalue weighted by molar-refractivity contribution is 7.85. The summed E-state index contributed by atoms with van der Waals surface area (Å²) in [5.41, 5.74) is 0.726. The fourth-order valence-corrected chi connectivity index (χ4v) is 4.18. The Morgan fingerprint density at radius 1 is 0.793 bits per heavy atom. The summed E-state index contributed by atoms with van der Waals surface area (Å²) in [4.78, 5) is 0.0610. The first-order chi connectivity index (χ1) is 13.7. The van der Waals surface area contributed by atoms with Crippen molar-refractivity contribution in [3.05, 3.63) is 29.8 Å². The summed E-state index contributed by atoms with van der Waals surface area (Å²) >= 11 is 0. The van der Waals surface area contributed by atoms with Crippen LogP contribution in [0.3, 0.4) is 0 Å². The molecule has 0 saturated heterocycles. The fraction of sp³-hybridized carbons (Fsp3) is 0.750. The van der Waals surface area contributed by atoms with Gasteiger partial charge in [0.25, 0.3) is 10.1 Å². The van der Waals surface area contributed by atoms with E-state index in [2.05, 4.69) is 39.9 Å². The Balaban J connectivity index is 0.000000956. The van der Waals surface area contributed by atoms with Gasteiger partial charge in [-0.2, -0.15) is 8.42 Å². The molecular formula is C24H45NO3S. The molecule has 0 bridgehead atoms. The van der Waals surface area contributed by atoms with Gasteiger partial charge in [-0.05, 0) is 24.5 Å². The molecule has 0 amide bonds. The lowest BCUT2D eigenvalue weighted by atomic mass is 10.0. The van der Waals surface area contributed by atoms with Gasteiger partial charge in [-0.25, -0.2) is 0 Å². The lowest BCUT2D eigenvalue weighted by molar-refractivity contribution is 0.481. The second-order valence-electron chi connectivity index (χ2n) is 8.49. The number of nitrogens with one attached hydrogen (secondary N) is 1. The number of aryl methyl sites for hydroxylation is 1. The van der Waals surface area contributed by atoms with Gasteiger partial charge in [0.1, 0.15) is 0 Å². The zero-order chi connectivity index (χ0) is 22.1. The molecule has 0 unspecified atom stereocenters. The van der Waals surface area contributed by atoms with Crippen LogP contribution in [0.1, 0.15) is 104 Å². The first-order valence-corrected chi connectivity index (χ1v) is 12.9. The summed E-state index contributed by atoms with van der Waals surface area (Å²) in [5, 5.41) is 3.31. The Hall–Kier alpha value is -0.910. The van der Waals surface area contributed by atoms with Gasteiger partial charge in [-0.15, -0.1) is 0 Å². The maximum Gasteiger partial charge on any atom is 0.294 e. The summed E-state index contributed by atoms with van der Waals surface area (Å²) < 4.78 is 31.8. The predicted octanol–water partition coefficient (Wildman–Crippen LogP) is 6.79. The minimum Gasteiger partial charge on any atom is -0.312 e. The Bertz CT molecular complexity index is 606. The SMILES string of the molecule is CC(C)NC(C)C.CCCCCCCCCCCCc1ccccc1S(=O)(=O)O. The predicted molar refractivity (Wildman–Crippen MR) is 125 cm³/mol. The number of unbranched alkanes of at least 4 members (excludes halogenated alkanes) is 9. The van der Waals surface area contributed by atoms with Gasteiger partial charge >= 0.3 is 0 Å². The zero-order valence-corrected chi connectivity index (χ0v) is 20.2. The smallest absolute Gasteiger partial charge is 0.294 e. The van der Waals surface area contributed by atoms with Gasteiger partial charge in [0, 0.05) is 12.1 Å². The van der Waals surface area contributed by atoms with E-state index in [1.807, 2.05) is 6.07 Å². The van der Waals surface area contributed by atoms with Crippen molar-refractivity contribution in [3.8, 4) is 0 Å². The molecule has 0 aliphatic heterocycles. The molecule has 0 atom stereocenters. The van der Waals surface area contributed by atoms with Crippen molar-refractivity contribution in [1.82, 2.24) is 5.32 Å². The van der Waals surface area contributed by atoms with Gasteiger partial charge in [0.05, 0.1) is 4.90 Å². The molecule has 29 heavy (non-hydrogen) atoms. The topological polar surface area (TPSA) is 66.4 Å². The van der Waals surface area contributed by atoms with Crippen LogP contribution in [0.5, 0.6) is 0 Å².